The minimum atomic E-state index is -0.684. The molecule has 0 amide bonds. The van der Waals surface area contributed by atoms with E-state index in [0.717, 1.165) is 17.7 Å². The Labute approximate surface area is 124 Å². The third-order valence-electron chi connectivity index (χ3n) is 4.61. The first-order valence-electron chi connectivity index (χ1n) is 7.40. The fraction of sp³-hybridized carbons (Fsp3) is 0.625. The van der Waals surface area contributed by atoms with E-state index in [-0.39, 0.29) is 30.7 Å². The zero-order valence-electron chi connectivity index (χ0n) is 12.1. The fourth-order valence-electron chi connectivity index (χ4n) is 3.47. The SMILES string of the molecule is COc1ccc(CO[C@@H]2CC3OC(O)C[C@@H]3[C@H]2CO)cc1. The third kappa shape index (κ3) is 3.06. The van der Waals surface area contributed by atoms with Gasteiger partial charge in [0.05, 0.1) is 25.9 Å². The van der Waals surface area contributed by atoms with Crippen LogP contribution in [0.5, 0.6) is 5.75 Å². The summed E-state index contributed by atoms with van der Waals surface area (Å²) in [6.45, 7) is 0.581. The summed E-state index contributed by atoms with van der Waals surface area (Å²) < 4.78 is 16.6. The van der Waals surface area contributed by atoms with Gasteiger partial charge in [0.2, 0.25) is 0 Å². The zero-order chi connectivity index (χ0) is 14.8. The van der Waals surface area contributed by atoms with Crippen LogP contribution < -0.4 is 4.74 Å². The first-order valence-corrected chi connectivity index (χ1v) is 7.40. The van der Waals surface area contributed by atoms with Gasteiger partial charge in [-0.3, -0.25) is 0 Å². The van der Waals surface area contributed by atoms with Crippen molar-refractivity contribution in [1.29, 1.82) is 0 Å². The number of ether oxygens (including phenoxy) is 3. The normalized spacial score (nSPS) is 34.9. The molecule has 0 spiro atoms. The summed E-state index contributed by atoms with van der Waals surface area (Å²) >= 11 is 0. The number of aliphatic hydroxyl groups is 2. The largest absolute Gasteiger partial charge is 0.497 e. The van der Waals surface area contributed by atoms with Gasteiger partial charge in [-0.15, -0.1) is 0 Å². The van der Waals surface area contributed by atoms with Crippen LogP contribution in [0.2, 0.25) is 0 Å². The van der Waals surface area contributed by atoms with Gasteiger partial charge in [0.15, 0.2) is 6.29 Å². The highest BCUT2D eigenvalue weighted by Gasteiger charge is 2.49. The number of fused-ring (bicyclic) bond motifs is 1. The van der Waals surface area contributed by atoms with E-state index in [1.54, 1.807) is 7.11 Å². The van der Waals surface area contributed by atoms with Gasteiger partial charge < -0.3 is 24.4 Å². The van der Waals surface area contributed by atoms with E-state index in [4.69, 9.17) is 14.2 Å². The van der Waals surface area contributed by atoms with Crippen molar-refractivity contribution in [2.75, 3.05) is 13.7 Å². The van der Waals surface area contributed by atoms with Crippen molar-refractivity contribution in [2.24, 2.45) is 11.8 Å². The van der Waals surface area contributed by atoms with Crippen LogP contribution in [0.25, 0.3) is 0 Å². The average Bonchev–Trinajstić information content (AvgIpc) is 3.00. The molecule has 116 valence electrons. The molecular formula is C16H22O5. The van der Waals surface area contributed by atoms with E-state index >= 15 is 0 Å². The maximum Gasteiger partial charge on any atom is 0.155 e. The van der Waals surface area contributed by atoms with E-state index in [2.05, 4.69) is 0 Å². The van der Waals surface area contributed by atoms with Crippen molar-refractivity contribution in [1.82, 2.24) is 0 Å². The molecule has 3 rings (SSSR count). The molecule has 1 aliphatic carbocycles. The maximum atomic E-state index is 9.60. The van der Waals surface area contributed by atoms with Crippen molar-refractivity contribution >= 4 is 0 Å². The molecule has 2 aliphatic rings. The second-order valence-electron chi connectivity index (χ2n) is 5.81. The van der Waals surface area contributed by atoms with E-state index in [1.807, 2.05) is 24.3 Å². The average molecular weight is 294 g/mol. The monoisotopic (exact) mass is 294 g/mol. The molecule has 1 aromatic rings. The quantitative estimate of drug-likeness (QED) is 0.857. The Hall–Kier alpha value is -1.14. The predicted molar refractivity (Wildman–Crippen MR) is 75.8 cm³/mol. The standard InChI is InChI=1S/C16H22O5/c1-19-11-4-2-10(3-5-11)9-20-14-7-15-12(13(14)8-17)6-16(18)21-15/h2-5,12-18H,6-9H2,1H3/t12-,13-,14-,15?,16?/m1/s1. The van der Waals surface area contributed by atoms with Gasteiger partial charge in [-0.2, -0.15) is 0 Å². The topological polar surface area (TPSA) is 68.2 Å². The Bertz CT molecular complexity index is 460. The lowest BCUT2D eigenvalue weighted by molar-refractivity contribution is -0.0999. The van der Waals surface area contributed by atoms with Crippen molar-refractivity contribution in [3.05, 3.63) is 29.8 Å². The molecule has 5 atom stereocenters. The zero-order valence-corrected chi connectivity index (χ0v) is 12.1. The smallest absolute Gasteiger partial charge is 0.155 e. The summed E-state index contributed by atoms with van der Waals surface area (Å²) in [4.78, 5) is 0. The number of aliphatic hydroxyl groups excluding tert-OH is 2. The Morgan fingerprint density at radius 2 is 2.00 bits per heavy atom. The molecule has 0 aromatic heterocycles. The van der Waals surface area contributed by atoms with Crippen molar-refractivity contribution in [3.63, 3.8) is 0 Å². The molecule has 5 heteroatoms. The number of hydrogen-bond donors (Lipinski definition) is 2. The van der Waals surface area contributed by atoms with Gasteiger partial charge in [-0.25, -0.2) is 0 Å². The molecular weight excluding hydrogens is 272 g/mol. The van der Waals surface area contributed by atoms with Gasteiger partial charge in [-0.05, 0) is 23.6 Å². The summed E-state index contributed by atoms with van der Waals surface area (Å²) in [5.41, 5.74) is 1.07. The van der Waals surface area contributed by atoms with Gasteiger partial charge >= 0.3 is 0 Å². The van der Waals surface area contributed by atoms with Crippen LogP contribution in [0.4, 0.5) is 0 Å². The van der Waals surface area contributed by atoms with E-state index in [9.17, 15) is 10.2 Å². The van der Waals surface area contributed by atoms with Crippen LogP contribution in [0.15, 0.2) is 24.3 Å². The summed E-state index contributed by atoms with van der Waals surface area (Å²) in [6, 6.07) is 7.77. The van der Waals surface area contributed by atoms with Gasteiger partial charge in [0.1, 0.15) is 5.75 Å². The highest BCUT2D eigenvalue weighted by Crippen LogP contribution is 2.43. The van der Waals surface area contributed by atoms with Crippen LogP contribution in [0.1, 0.15) is 18.4 Å². The Morgan fingerprint density at radius 3 is 2.67 bits per heavy atom. The van der Waals surface area contributed by atoms with E-state index < -0.39 is 6.29 Å². The van der Waals surface area contributed by atoms with Crippen LogP contribution in [0.3, 0.4) is 0 Å². The van der Waals surface area contributed by atoms with Crippen LogP contribution in [-0.4, -0.2) is 42.4 Å². The summed E-state index contributed by atoms with van der Waals surface area (Å²) in [6.07, 6.45) is 0.649. The highest BCUT2D eigenvalue weighted by atomic mass is 16.6. The fourth-order valence-corrected chi connectivity index (χ4v) is 3.47. The molecule has 2 unspecified atom stereocenters. The molecule has 2 N–H and O–H groups in total. The lowest BCUT2D eigenvalue weighted by Crippen LogP contribution is -2.26. The number of benzene rings is 1. The van der Waals surface area contributed by atoms with Crippen molar-refractivity contribution in [2.45, 2.75) is 37.9 Å². The second kappa shape index (κ2) is 6.32. The lowest BCUT2D eigenvalue weighted by Gasteiger charge is -2.22. The van der Waals surface area contributed by atoms with E-state index in [1.165, 1.54) is 0 Å². The molecule has 1 saturated carbocycles. The number of rotatable bonds is 5. The molecule has 1 aromatic carbocycles. The lowest BCUT2D eigenvalue weighted by atomic mass is 9.93. The predicted octanol–water partition coefficient (Wildman–Crippen LogP) is 1.32. The molecule has 0 radical (unpaired) electrons. The summed E-state index contributed by atoms with van der Waals surface area (Å²) in [5.74, 6) is 1.07. The van der Waals surface area contributed by atoms with E-state index in [0.29, 0.717) is 13.0 Å². The van der Waals surface area contributed by atoms with Crippen LogP contribution in [0, 0.1) is 11.8 Å². The Kier molecular flexibility index (Phi) is 4.45. The Morgan fingerprint density at radius 1 is 1.24 bits per heavy atom. The molecule has 5 nitrogen and oxygen atoms in total. The van der Waals surface area contributed by atoms with Crippen molar-refractivity contribution in [3.8, 4) is 5.75 Å². The maximum absolute atomic E-state index is 9.60. The molecule has 2 fully saturated rings. The van der Waals surface area contributed by atoms with Gasteiger partial charge in [0.25, 0.3) is 0 Å². The van der Waals surface area contributed by atoms with Crippen LogP contribution >= 0.6 is 0 Å². The summed E-state index contributed by atoms with van der Waals surface area (Å²) in [7, 11) is 1.64. The van der Waals surface area contributed by atoms with Crippen LogP contribution in [-0.2, 0) is 16.1 Å². The highest BCUT2D eigenvalue weighted by molar-refractivity contribution is 5.26. The third-order valence-corrected chi connectivity index (χ3v) is 4.61. The second-order valence-corrected chi connectivity index (χ2v) is 5.81. The minimum Gasteiger partial charge on any atom is -0.497 e. The van der Waals surface area contributed by atoms with Crippen molar-refractivity contribution < 1.29 is 24.4 Å². The first-order chi connectivity index (χ1) is 10.2. The number of hydrogen-bond acceptors (Lipinski definition) is 5. The molecule has 1 heterocycles. The molecule has 1 aliphatic heterocycles. The summed E-state index contributed by atoms with van der Waals surface area (Å²) in [5, 5.41) is 19.1. The first kappa shape index (κ1) is 14.8. The Balaban J connectivity index is 1.57. The molecule has 1 saturated heterocycles. The molecule has 21 heavy (non-hydrogen) atoms. The number of methoxy groups -OCH3 is 1. The van der Waals surface area contributed by atoms with Gasteiger partial charge in [-0.1, -0.05) is 12.1 Å². The minimum absolute atomic E-state index is 0.0121. The molecule has 0 bridgehead atoms. The van der Waals surface area contributed by atoms with Gasteiger partial charge in [0, 0.05) is 25.4 Å².